The van der Waals surface area contributed by atoms with Crippen LogP contribution in [0, 0.1) is 11.3 Å². The highest BCUT2D eigenvalue weighted by Crippen LogP contribution is 2.38. The summed E-state index contributed by atoms with van der Waals surface area (Å²) >= 11 is 0. The van der Waals surface area contributed by atoms with Crippen LogP contribution in [0.1, 0.15) is 104 Å². The Morgan fingerprint density at radius 2 is 1.76 bits per heavy atom. The normalized spacial score (nSPS) is 19.9. The van der Waals surface area contributed by atoms with E-state index < -0.39 is 0 Å². The van der Waals surface area contributed by atoms with Crippen LogP contribution >= 0.6 is 0 Å². The number of hydrogen-bond acceptors (Lipinski definition) is 0. The van der Waals surface area contributed by atoms with Gasteiger partial charge in [0, 0.05) is 6.42 Å². The van der Waals surface area contributed by atoms with Crippen LogP contribution in [0.25, 0.3) is 0 Å². The first-order valence-electron chi connectivity index (χ1n) is 14.8. The number of benzene rings is 1. The van der Waals surface area contributed by atoms with Crippen LogP contribution in [-0.2, 0) is 12.8 Å². The van der Waals surface area contributed by atoms with Crippen molar-refractivity contribution in [3.8, 4) is 0 Å². The van der Waals surface area contributed by atoms with Crippen molar-refractivity contribution in [2.24, 2.45) is 11.3 Å². The standard InChI is InChI=1S/C37H50/c1-7-12-29(5)25-34(27-35(9-3)36-22-23-36)26-30(8-2)14-15-31-16-18-32(19-17-31)20-21-33-13-11-24-37(6,10-4)28-33/h8-9,11,13,16-19,24,27,36H,3,7,10,12,14-15,20-23,26,28H2,1-2,4-6H3. The zero-order chi connectivity index (χ0) is 26.7. The summed E-state index contributed by atoms with van der Waals surface area (Å²) in [7, 11) is 0. The van der Waals surface area contributed by atoms with E-state index in [0.717, 1.165) is 38.0 Å². The number of hydrogen-bond donors (Lipinski definition) is 0. The largest absolute Gasteiger partial charge is 0.118 e. The topological polar surface area (TPSA) is 0 Å². The molecule has 1 fully saturated rings. The van der Waals surface area contributed by atoms with Crippen LogP contribution in [0.15, 0.2) is 101 Å². The molecule has 0 radical (unpaired) electrons. The van der Waals surface area contributed by atoms with Crippen molar-refractivity contribution in [3.63, 3.8) is 0 Å². The van der Waals surface area contributed by atoms with Gasteiger partial charge < -0.3 is 0 Å². The van der Waals surface area contributed by atoms with Crippen molar-refractivity contribution in [2.75, 3.05) is 0 Å². The molecule has 198 valence electrons. The molecule has 1 unspecified atom stereocenters. The number of allylic oxidation sites excluding steroid dienone is 10. The molecule has 2 aliphatic carbocycles. The third-order valence-corrected chi connectivity index (χ3v) is 8.21. The van der Waals surface area contributed by atoms with Crippen molar-refractivity contribution in [3.05, 3.63) is 112 Å². The monoisotopic (exact) mass is 494 g/mol. The lowest BCUT2D eigenvalue weighted by Gasteiger charge is -2.28. The van der Waals surface area contributed by atoms with E-state index in [-0.39, 0.29) is 0 Å². The highest BCUT2D eigenvalue weighted by atomic mass is 14.3. The molecule has 1 aromatic rings. The first-order valence-corrected chi connectivity index (χ1v) is 14.8. The van der Waals surface area contributed by atoms with E-state index >= 15 is 0 Å². The first-order chi connectivity index (χ1) is 17.9. The molecule has 0 aliphatic heterocycles. The zero-order valence-electron chi connectivity index (χ0n) is 24.3. The minimum atomic E-state index is 0.346. The predicted octanol–water partition coefficient (Wildman–Crippen LogP) is 11.0. The molecule has 0 saturated heterocycles. The van der Waals surface area contributed by atoms with Gasteiger partial charge in [0.2, 0.25) is 0 Å². The van der Waals surface area contributed by atoms with E-state index in [0.29, 0.717) is 5.41 Å². The summed E-state index contributed by atoms with van der Waals surface area (Å²) in [6, 6.07) is 9.39. The van der Waals surface area contributed by atoms with Gasteiger partial charge in [-0.1, -0.05) is 99.6 Å². The van der Waals surface area contributed by atoms with Crippen LogP contribution < -0.4 is 0 Å². The lowest BCUT2D eigenvalue weighted by molar-refractivity contribution is 0.397. The molecule has 0 amide bonds. The van der Waals surface area contributed by atoms with Crippen LogP contribution in [0.4, 0.5) is 0 Å². The second-order valence-corrected chi connectivity index (χ2v) is 11.6. The fourth-order valence-corrected chi connectivity index (χ4v) is 5.33. The maximum atomic E-state index is 4.09. The van der Waals surface area contributed by atoms with Gasteiger partial charge in [-0.3, -0.25) is 0 Å². The van der Waals surface area contributed by atoms with Gasteiger partial charge in [0.05, 0.1) is 0 Å². The lowest BCUT2D eigenvalue weighted by atomic mass is 9.77. The molecular formula is C37H50. The summed E-state index contributed by atoms with van der Waals surface area (Å²) in [6.45, 7) is 15.4. The summed E-state index contributed by atoms with van der Waals surface area (Å²) in [5.41, 5.74) is 14.2. The van der Waals surface area contributed by atoms with Crippen molar-refractivity contribution < 1.29 is 0 Å². The molecule has 0 heterocycles. The molecule has 1 atom stereocenters. The molecule has 0 bridgehead atoms. The van der Waals surface area contributed by atoms with Crippen molar-refractivity contribution in [1.29, 1.82) is 0 Å². The van der Waals surface area contributed by atoms with Gasteiger partial charge >= 0.3 is 0 Å². The van der Waals surface area contributed by atoms with E-state index in [1.54, 1.807) is 5.57 Å². The minimum absolute atomic E-state index is 0.346. The number of aryl methyl sites for hydroxylation is 2. The van der Waals surface area contributed by atoms with Crippen molar-refractivity contribution >= 4 is 0 Å². The van der Waals surface area contributed by atoms with Crippen molar-refractivity contribution in [1.82, 2.24) is 0 Å². The van der Waals surface area contributed by atoms with Gasteiger partial charge in [0.25, 0.3) is 0 Å². The van der Waals surface area contributed by atoms with E-state index in [2.05, 4.69) is 108 Å². The summed E-state index contributed by atoms with van der Waals surface area (Å²) in [5, 5.41) is 0. The summed E-state index contributed by atoms with van der Waals surface area (Å²) in [4.78, 5) is 0. The molecule has 3 rings (SSSR count). The highest BCUT2D eigenvalue weighted by molar-refractivity contribution is 5.36. The molecule has 1 saturated carbocycles. The molecule has 0 spiro atoms. The van der Waals surface area contributed by atoms with Crippen LogP contribution in [-0.4, -0.2) is 0 Å². The summed E-state index contributed by atoms with van der Waals surface area (Å²) < 4.78 is 0. The van der Waals surface area contributed by atoms with Gasteiger partial charge in [-0.25, -0.2) is 0 Å². The van der Waals surface area contributed by atoms with E-state index in [1.807, 2.05) is 0 Å². The maximum absolute atomic E-state index is 4.09. The molecule has 0 N–H and O–H groups in total. The van der Waals surface area contributed by atoms with Gasteiger partial charge in [-0.15, -0.1) is 5.73 Å². The molecule has 37 heavy (non-hydrogen) atoms. The smallest absolute Gasteiger partial charge is 0.000668 e. The third kappa shape index (κ3) is 9.68. The average Bonchev–Trinajstić information content (AvgIpc) is 3.74. The fourth-order valence-electron chi connectivity index (χ4n) is 5.33. The SMILES string of the molecule is C=CC(=CC(=C=C(C)CCC)CC(=CC)CCc1ccc(CCC2=CC=CC(C)(CC)C2)cc1)C1CC1. The van der Waals surface area contributed by atoms with Gasteiger partial charge in [-0.2, -0.15) is 0 Å². The van der Waals surface area contributed by atoms with Gasteiger partial charge in [0.15, 0.2) is 0 Å². The number of rotatable bonds is 14. The Kier molecular flexibility index (Phi) is 11.3. The molecular weight excluding hydrogens is 444 g/mol. The van der Waals surface area contributed by atoms with Crippen LogP contribution in [0.3, 0.4) is 0 Å². The van der Waals surface area contributed by atoms with Crippen LogP contribution in [0.5, 0.6) is 0 Å². The van der Waals surface area contributed by atoms with Gasteiger partial charge in [-0.05, 0) is 117 Å². The van der Waals surface area contributed by atoms with E-state index in [4.69, 9.17) is 0 Å². The first kappa shape index (κ1) is 29.0. The second-order valence-electron chi connectivity index (χ2n) is 11.6. The maximum Gasteiger partial charge on any atom is 0.000668 e. The Labute approximate surface area is 228 Å². The predicted molar refractivity (Wildman–Crippen MR) is 164 cm³/mol. The quantitative estimate of drug-likeness (QED) is 0.137. The van der Waals surface area contributed by atoms with Crippen LogP contribution in [0.2, 0.25) is 0 Å². The Morgan fingerprint density at radius 1 is 1.05 bits per heavy atom. The molecule has 0 nitrogen and oxygen atoms in total. The Bertz CT molecular complexity index is 1090. The molecule has 0 heteroatoms. The van der Waals surface area contributed by atoms with E-state index in [9.17, 15) is 0 Å². The second kappa shape index (κ2) is 14.4. The molecule has 0 aromatic heterocycles. The summed E-state index contributed by atoms with van der Waals surface area (Å²) in [6.07, 6.45) is 26.6. The molecule has 1 aromatic carbocycles. The van der Waals surface area contributed by atoms with Gasteiger partial charge in [0.1, 0.15) is 0 Å². The summed E-state index contributed by atoms with van der Waals surface area (Å²) in [5.74, 6) is 0.718. The van der Waals surface area contributed by atoms with E-state index in [1.165, 1.54) is 71.9 Å². The zero-order valence-corrected chi connectivity index (χ0v) is 24.3. The lowest BCUT2D eigenvalue weighted by Crippen LogP contribution is -2.15. The minimum Gasteiger partial charge on any atom is -0.118 e. The van der Waals surface area contributed by atoms with Crippen molar-refractivity contribution in [2.45, 2.75) is 105 Å². The molecule has 2 aliphatic rings. The Hall–Kier alpha value is -2.56. The Balaban J connectivity index is 1.58. The fraction of sp³-hybridized carbons (Fsp3) is 0.486. The Morgan fingerprint density at radius 3 is 2.35 bits per heavy atom. The highest BCUT2D eigenvalue weighted by Gasteiger charge is 2.24. The third-order valence-electron chi connectivity index (χ3n) is 8.21. The average molecular weight is 495 g/mol.